The van der Waals surface area contributed by atoms with Gasteiger partial charge in [-0.15, -0.1) is 0 Å². The van der Waals surface area contributed by atoms with Gasteiger partial charge in [-0.25, -0.2) is 4.39 Å². The number of nitrogens with one attached hydrogen (secondary N) is 1. The first-order valence-corrected chi connectivity index (χ1v) is 8.03. The van der Waals surface area contributed by atoms with E-state index in [2.05, 4.69) is 26.4 Å². The maximum atomic E-state index is 13.7. The Hall–Kier alpha value is -1.73. The molecule has 0 bridgehead atoms. The molecule has 1 N–H and O–H groups in total. The molecule has 0 saturated heterocycles. The number of amides is 1. The number of hydrogen-bond acceptors (Lipinski definition) is 4. The molecule has 0 unspecified atom stereocenters. The first-order chi connectivity index (χ1) is 10.8. The largest absolute Gasteiger partial charge is 0.338 e. The van der Waals surface area contributed by atoms with Gasteiger partial charge in [-0.05, 0) is 31.2 Å². The van der Waals surface area contributed by atoms with E-state index in [1.165, 1.54) is 6.07 Å². The molecule has 0 aliphatic carbocycles. The maximum absolute atomic E-state index is 13.7. The summed E-state index contributed by atoms with van der Waals surface area (Å²) in [6, 6.07) is 6.45. The molecule has 1 heterocycles. The van der Waals surface area contributed by atoms with Crippen molar-refractivity contribution in [3.05, 3.63) is 45.8 Å². The van der Waals surface area contributed by atoms with Crippen molar-refractivity contribution >= 4 is 27.7 Å². The molecule has 0 radical (unpaired) electrons. The van der Waals surface area contributed by atoms with Gasteiger partial charge in [0.1, 0.15) is 5.82 Å². The summed E-state index contributed by atoms with van der Waals surface area (Å²) >= 11 is 3.31. The normalized spacial score (nSPS) is 11.3. The summed E-state index contributed by atoms with van der Waals surface area (Å²) < 4.78 is 19.6. The van der Waals surface area contributed by atoms with Gasteiger partial charge in [0, 0.05) is 22.6 Å². The van der Waals surface area contributed by atoms with Crippen molar-refractivity contribution < 1.29 is 13.7 Å². The minimum Gasteiger partial charge on any atom is -0.338 e. The van der Waals surface area contributed by atoms with Crippen LogP contribution in [0, 0.1) is 5.82 Å². The van der Waals surface area contributed by atoms with Crippen LogP contribution in [-0.2, 0) is 11.3 Å². The van der Waals surface area contributed by atoms with Gasteiger partial charge in [0.2, 0.25) is 11.8 Å². The fraction of sp³-hybridized carbons (Fsp3) is 0.375. The van der Waals surface area contributed by atoms with Gasteiger partial charge in [-0.2, -0.15) is 0 Å². The molecule has 2 rings (SSSR count). The highest BCUT2D eigenvalue weighted by atomic mass is 79.9. The van der Waals surface area contributed by atoms with E-state index < -0.39 is 0 Å². The van der Waals surface area contributed by atoms with Crippen LogP contribution in [0.3, 0.4) is 0 Å². The molecule has 23 heavy (non-hydrogen) atoms. The molecule has 124 valence electrons. The topological polar surface area (TPSA) is 58.4 Å². The lowest BCUT2D eigenvalue weighted by atomic mass is 10.1. The second kappa shape index (κ2) is 7.70. The highest BCUT2D eigenvalue weighted by molar-refractivity contribution is 9.10. The number of hydrogen-bond donors (Lipinski definition) is 1. The summed E-state index contributed by atoms with van der Waals surface area (Å²) in [5, 5.41) is 6.53. The van der Waals surface area contributed by atoms with Crippen molar-refractivity contribution in [3.8, 4) is 0 Å². The van der Waals surface area contributed by atoms with E-state index in [1.807, 2.05) is 13.8 Å². The third kappa shape index (κ3) is 5.14. The monoisotopic (exact) mass is 383 g/mol. The second-order valence-corrected chi connectivity index (χ2v) is 6.64. The lowest BCUT2D eigenvalue weighted by Gasteiger charge is -2.16. The van der Waals surface area contributed by atoms with Gasteiger partial charge in [0.05, 0.1) is 12.2 Å². The van der Waals surface area contributed by atoms with Crippen molar-refractivity contribution in [3.63, 3.8) is 0 Å². The van der Waals surface area contributed by atoms with Gasteiger partial charge >= 0.3 is 0 Å². The summed E-state index contributed by atoms with van der Waals surface area (Å²) in [5.74, 6) is 0.0129. The van der Waals surface area contributed by atoms with E-state index in [-0.39, 0.29) is 24.2 Å². The smallest absolute Gasteiger partial charge is 0.240 e. The molecule has 0 aliphatic heterocycles. The fourth-order valence-electron chi connectivity index (χ4n) is 2.05. The zero-order chi connectivity index (χ0) is 17.0. The molecule has 1 amide bonds. The molecular formula is C16H19BrFN3O2. The van der Waals surface area contributed by atoms with Crippen LogP contribution in [0.2, 0.25) is 0 Å². The predicted octanol–water partition coefficient (Wildman–Crippen LogP) is 3.77. The van der Waals surface area contributed by atoms with Crippen LogP contribution in [0.4, 0.5) is 10.3 Å². The standard InChI is InChI=1S/C16H19BrFN3O2/c1-10(2)14-7-16(23-20-14)19-15(22)9-21(3)8-11-6-12(17)4-5-13(11)18/h4-7,10H,8-9H2,1-3H3,(H,19,22). The molecular weight excluding hydrogens is 365 g/mol. The van der Waals surface area contributed by atoms with E-state index in [9.17, 15) is 9.18 Å². The van der Waals surface area contributed by atoms with Crippen LogP contribution in [0.5, 0.6) is 0 Å². The molecule has 1 aromatic heterocycles. The van der Waals surface area contributed by atoms with Gasteiger partial charge in [0.25, 0.3) is 0 Å². The fourth-order valence-corrected chi connectivity index (χ4v) is 2.46. The quantitative estimate of drug-likeness (QED) is 0.824. The number of carbonyl (C=O) groups is 1. The zero-order valence-corrected chi connectivity index (χ0v) is 14.9. The number of nitrogens with zero attached hydrogens (tertiary/aromatic N) is 2. The summed E-state index contributed by atoms with van der Waals surface area (Å²) in [5.41, 5.74) is 1.31. The molecule has 0 fully saturated rings. The maximum Gasteiger partial charge on any atom is 0.240 e. The zero-order valence-electron chi connectivity index (χ0n) is 13.3. The number of benzene rings is 1. The highest BCUT2D eigenvalue weighted by Crippen LogP contribution is 2.18. The van der Waals surface area contributed by atoms with Gasteiger partial charge in [-0.1, -0.05) is 34.9 Å². The Labute approximate surface area is 143 Å². The van der Waals surface area contributed by atoms with E-state index in [1.54, 1.807) is 30.1 Å². The Bertz CT molecular complexity index is 688. The van der Waals surface area contributed by atoms with E-state index >= 15 is 0 Å². The van der Waals surface area contributed by atoms with Crippen molar-refractivity contribution in [1.82, 2.24) is 10.1 Å². The summed E-state index contributed by atoms with van der Waals surface area (Å²) in [6.45, 7) is 4.42. The minimum atomic E-state index is -0.294. The average molecular weight is 384 g/mol. The van der Waals surface area contributed by atoms with Gasteiger partial charge < -0.3 is 4.52 Å². The Morgan fingerprint density at radius 2 is 2.17 bits per heavy atom. The summed E-state index contributed by atoms with van der Waals surface area (Å²) in [7, 11) is 1.75. The van der Waals surface area contributed by atoms with Gasteiger partial charge in [0.15, 0.2) is 0 Å². The molecule has 2 aromatic rings. The van der Waals surface area contributed by atoms with E-state index in [0.29, 0.717) is 18.0 Å². The molecule has 0 aliphatic rings. The number of aromatic nitrogens is 1. The van der Waals surface area contributed by atoms with Crippen LogP contribution < -0.4 is 5.32 Å². The van der Waals surface area contributed by atoms with Crippen LogP contribution in [-0.4, -0.2) is 29.6 Å². The van der Waals surface area contributed by atoms with Crippen molar-refractivity contribution in [2.45, 2.75) is 26.3 Å². The van der Waals surface area contributed by atoms with Crippen LogP contribution in [0.1, 0.15) is 31.0 Å². The molecule has 0 saturated carbocycles. The van der Waals surface area contributed by atoms with E-state index in [0.717, 1.165) is 10.2 Å². The highest BCUT2D eigenvalue weighted by Gasteiger charge is 2.13. The Kier molecular flexibility index (Phi) is 5.90. The van der Waals surface area contributed by atoms with Crippen LogP contribution >= 0.6 is 15.9 Å². The van der Waals surface area contributed by atoms with Gasteiger partial charge in [-0.3, -0.25) is 15.0 Å². The number of anilines is 1. The third-order valence-corrected chi connectivity index (χ3v) is 3.74. The van der Waals surface area contributed by atoms with E-state index in [4.69, 9.17) is 4.52 Å². The van der Waals surface area contributed by atoms with Crippen LogP contribution in [0.15, 0.2) is 33.3 Å². The number of carbonyl (C=O) groups excluding carboxylic acids is 1. The molecule has 0 spiro atoms. The third-order valence-electron chi connectivity index (χ3n) is 3.24. The summed E-state index contributed by atoms with van der Waals surface area (Å²) in [6.07, 6.45) is 0. The Balaban J connectivity index is 1.90. The Morgan fingerprint density at radius 1 is 1.43 bits per heavy atom. The lowest BCUT2D eigenvalue weighted by molar-refractivity contribution is -0.117. The number of halogens is 2. The van der Waals surface area contributed by atoms with Crippen molar-refractivity contribution in [2.75, 3.05) is 18.9 Å². The molecule has 0 atom stereocenters. The Morgan fingerprint density at radius 3 is 2.83 bits per heavy atom. The first-order valence-electron chi connectivity index (χ1n) is 7.24. The SMILES string of the molecule is CC(C)c1cc(NC(=O)CN(C)Cc2cc(Br)ccc2F)on1. The summed E-state index contributed by atoms with van der Waals surface area (Å²) in [4.78, 5) is 13.7. The average Bonchev–Trinajstić information content (AvgIpc) is 2.91. The minimum absolute atomic E-state index is 0.115. The van der Waals surface area contributed by atoms with Crippen molar-refractivity contribution in [1.29, 1.82) is 0 Å². The second-order valence-electron chi connectivity index (χ2n) is 5.73. The number of likely N-dealkylation sites (N-methyl/N-ethyl adjacent to an activating group) is 1. The van der Waals surface area contributed by atoms with Crippen LogP contribution in [0.25, 0.3) is 0 Å². The molecule has 1 aromatic carbocycles. The predicted molar refractivity (Wildman–Crippen MR) is 89.7 cm³/mol. The number of rotatable bonds is 6. The van der Waals surface area contributed by atoms with Crippen molar-refractivity contribution in [2.24, 2.45) is 0 Å². The lowest BCUT2D eigenvalue weighted by Crippen LogP contribution is -2.30. The molecule has 5 nitrogen and oxygen atoms in total. The molecule has 7 heteroatoms. The first kappa shape index (κ1) is 17.6.